The van der Waals surface area contributed by atoms with Crippen LogP contribution in [-0.2, 0) is 16.1 Å². The number of ether oxygens (including phenoxy) is 1. The van der Waals surface area contributed by atoms with Gasteiger partial charge < -0.3 is 19.7 Å². The predicted octanol–water partition coefficient (Wildman–Crippen LogP) is 0.802. The number of aliphatic carboxylic acids is 1. The molecule has 1 aromatic rings. The van der Waals surface area contributed by atoms with Crippen molar-refractivity contribution < 1.29 is 14.6 Å². The third kappa shape index (κ3) is 3.81. The molecule has 0 radical (unpaired) electrons. The van der Waals surface area contributed by atoms with Crippen molar-refractivity contribution in [3.05, 3.63) is 22.7 Å². The van der Waals surface area contributed by atoms with Crippen molar-refractivity contribution in [2.75, 3.05) is 25.1 Å². The second-order valence-corrected chi connectivity index (χ2v) is 5.14. The topological polar surface area (TPSA) is 93.5 Å². The van der Waals surface area contributed by atoms with Crippen molar-refractivity contribution in [3.63, 3.8) is 0 Å². The average Bonchev–Trinajstić information content (AvgIpc) is 2.50. The normalized spacial score (nSPS) is 17.4. The molecule has 2 N–H and O–H groups in total. The highest BCUT2D eigenvalue weighted by Gasteiger charge is 2.29. The van der Waals surface area contributed by atoms with E-state index in [1.807, 2.05) is 6.92 Å². The minimum atomic E-state index is -0.846. The fourth-order valence-electron chi connectivity index (χ4n) is 2.60. The number of rotatable bonds is 6. The van der Waals surface area contributed by atoms with E-state index in [0.29, 0.717) is 19.8 Å². The summed E-state index contributed by atoms with van der Waals surface area (Å²) in [6, 6.07) is 0. The number of nitrogens with one attached hydrogen (secondary N) is 1. The van der Waals surface area contributed by atoms with E-state index in [1.54, 1.807) is 6.20 Å². The van der Waals surface area contributed by atoms with Gasteiger partial charge in [0.25, 0.3) is 5.56 Å². The highest BCUT2D eigenvalue weighted by atomic mass is 16.5. The molecule has 1 unspecified atom stereocenters. The fourth-order valence-corrected chi connectivity index (χ4v) is 2.60. The number of carbonyl (C=O) groups is 1. The third-order valence-electron chi connectivity index (χ3n) is 3.90. The SMILES string of the molecule is CCn1ccnc(NCC(C(=O)O)C2CCOCC2)c1=O. The van der Waals surface area contributed by atoms with Gasteiger partial charge in [0.05, 0.1) is 5.92 Å². The van der Waals surface area contributed by atoms with Crippen LogP contribution >= 0.6 is 0 Å². The van der Waals surface area contributed by atoms with Gasteiger partial charge >= 0.3 is 5.97 Å². The molecule has 1 saturated heterocycles. The minimum Gasteiger partial charge on any atom is -0.481 e. The van der Waals surface area contributed by atoms with Crippen LogP contribution in [0.3, 0.4) is 0 Å². The number of anilines is 1. The van der Waals surface area contributed by atoms with E-state index in [2.05, 4.69) is 10.3 Å². The summed E-state index contributed by atoms with van der Waals surface area (Å²) < 4.78 is 6.79. The van der Waals surface area contributed by atoms with E-state index in [9.17, 15) is 14.7 Å². The Hall–Kier alpha value is -1.89. The Labute approximate surface area is 123 Å². The lowest BCUT2D eigenvalue weighted by molar-refractivity contribution is -0.144. The Morgan fingerprint density at radius 3 is 2.90 bits per heavy atom. The van der Waals surface area contributed by atoms with E-state index in [-0.39, 0.29) is 23.8 Å². The fraction of sp³-hybridized carbons (Fsp3) is 0.643. The monoisotopic (exact) mass is 295 g/mol. The number of aryl methyl sites for hydroxylation is 1. The summed E-state index contributed by atoms with van der Waals surface area (Å²) in [7, 11) is 0. The molecule has 1 aliphatic heterocycles. The Bertz CT molecular complexity index is 537. The summed E-state index contributed by atoms with van der Waals surface area (Å²) in [5.74, 6) is -1.11. The number of aromatic nitrogens is 2. The Kier molecular flexibility index (Phi) is 5.32. The van der Waals surface area contributed by atoms with Gasteiger partial charge in [0.15, 0.2) is 5.82 Å². The average molecular weight is 295 g/mol. The van der Waals surface area contributed by atoms with E-state index in [0.717, 1.165) is 12.8 Å². The third-order valence-corrected chi connectivity index (χ3v) is 3.90. The Morgan fingerprint density at radius 2 is 2.29 bits per heavy atom. The number of carboxylic acid groups (broad SMARTS) is 1. The summed E-state index contributed by atoms with van der Waals surface area (Å²) in [6.45, 7) is 3.82. The van der Waals surface area contributed by atoms with Crippen LogP contribution in [0, 0.1) is 11.8 Å². The van der Waals surface area contributed by atoms with Crippen molar-refractivity contribution in [3.8, 4) is 0 Å². The van der Waals surface area contributed by atoms with Gasteiger partial charge in [-0.1, -0.05) is 0 Å². The van der Waals surface area contributed by atoms with Crippen molar-refractivity contribution in [1.82, 2.24) is 9.55 Å². The van der Waals surface area contributed by atoms with Crippen LogP contribution in [0.4, 0.5) is 5.82 Å². The van der Waals surface area contributed by atoms with Gasteiger partial charge in [-0.2, -0.15) is 0 Å². The van der Waals surface area contributed by atoms with Gasteiger partial charge in [0.1, 0.15) is 0 Å². The number of nitrogens with zero attached hydrogens (tertiary/aromatic N) is 2. The Balaban J connectivity index is 2.05. The van der Waals surface area contributed by atoms with Crippen LogP contribution in [0.1, 0.15) is 19.8 Å². The zero-order valence-corrected chi connectivity index (χ0v) is 12.1. The maximum Gasteiger partial charge on any atom is 0.308 e. The highest BCUT2D eigenvalue weighted by molar-refractivity contribution is 5.71. The zero-order valence-electron chi connectivity index (χ0n) is 12.1. The molecule has 0 spiro atoms. The molecule has 0 bridgehead atoms. The van der Waals surface area contributed by atoms with Gasteiger partial charge in [0.2, 0.25) is 0 Å². The van der Waals surface area contributed by atoms with Crippen LogP contribution < -0.4 is 10.9 Å². The molecule has 1 aromatic heterocycles. The van der Waals surface area contributed by atoms with Crippen molar-refractivity contribution in [2.24, 2.45) is 11.8 Å². The molecule has 0 amide bonds. The van der Waals surface area contributed by atoms with Crippen LogP contribution in [0.25, 0.3) is 0 Å². The van der Waals surface area contributed by atoms with Gasteiger partial charge in [0, 0.05) is 38.7 Å². The quantitative estimate of drug-likeness (QED) is 0.806. The lowest BCUT2D eigenvalue weighted by Gasteiger charge is -2.27. The van der Waals surface area contributed by atoms with Gasteiger partial charge in [-0.25, -0.2) is 4.98 Å². The summed E-state index contributed by atoms with van der Waals surface area (Å²) in [4.78, 5) is 27.5. The molecule has 2 heterocycles. The first-order chi connectivity index (χ1) is 10.1. The van der Waals surface area contributed by atoms with Crippen LogP contribution in [-0.4, -0.2) is 40.4 Å². The number of carboxylic acids is 1. The largest absolute Gasteiger partial charge is 0.481 e. The zero-order chi connectivity index (χ0) is 15.2. The lowest BCUT2D eigenvalue weighted by Crippen LogP contribution is -2.35. The second kappa shape index (κ2) is 7.21. The minimum absolute atomic E-state index is 0.0702. The summed E-state index contributed by atoms with van der Waals surface area (Å²) in [5.41, 5.74) is -0.226. The maximum absolute atomic E-state index is 12.0. The van der Waals surface area contributed by atoms with Gasteiger partial charge in [-0.3, -0.25) is 9.59 Å². The molecule has 7 heteroatoms. The van der Waals surface area contributed by atoms with Crippen molar-refractivity contribution >= 4 is 11.8 Å². The summed E-state index contributed by atoms with van der Waals surface area (Å²) in [6.07, 6.45) is 4.62. The molecule has 0 aliphatic carbocycles. The molecular formula is C14H21N3O4. The molecule has 1 fully saturated rings. The van der Waals surface area contributed by atoms with E-state index in [4.69, 9.17) is 4.74 Å². The van der Waals surface area contributed by atoms with Crippen LogP contribution in [0.2, 0.25) is 0 Å². The number of hydrogen-bond donors (Lipinski definition) is 2. The molecule has 7 nitrogen and oxygen atoms in total. The molecule has 0 aromatic carbocycles. The smallest absolute Gasteiger partial charge is 0.308 e. The Morgan fingerprint density at radius 1 is 1.57 bits per heavy atom. The lowest BCUT2D eigenvalue weighted by atomic mass is 9.86. The van der Waals surface area contributed by atoms with E-state index >= 15 is 0 Å². The highest BCUT2D eigenvalue weighted by Crippen LogP contribution is 2.24. The van der Waals surface area contributed by atoms with Gasteiger partial charge in [-0.15, -0.1) is 0 Å². The van der Waals surface area contributed by atoms with E-state index < -0.39 is 11.9 Å². The van der Waals surface area contributed by atoms with Gasteiger partial charge in [-0.05, 0) is 25.7 Å². The molecule has 1 aliphatic rings. The maximum atomic E-state index is 12.0. The first-order valence-electron chi connectivity index (χ1n) is 7.23. The van der Waals surface area contributed by atoms with E-state index in [1.165, 1.54) is 10.8 Å². The summed E-state index contributed by atoms with van der Waals surface area (Å²) in [5, 5.41) is 12.3. The second-order valence-electron chi connectivity index (χ2n) is 5.14. The first-order valence-corrected chi connectivity index (χ1v) is 7.23. The molecule has 21 heavy (non-hydrogen) atoms. The van der Waals surface area contributed by atoms with Crippen molar-refractivity contribution in [1.29, 1.82) is 0 Å². The standard InChI is InChI=1S/C14H21N3O4/c1-2-17-6-5-15-12(13(17)18)16-9-11(14(19)20)10-3-7-21-8-4-10/h5-6,10-11H,2-4,7-9H2,1H3,(H,15,16)(H,19,20). The first kappa shape index (κ1) is 15.5. The molecule has 2 rings (SSSR count). The molecule has 0 saturated carbocycles. The van der Waals surface area contributed by atoms with Crippen LogP contribution in [0.15, 0.2) is 17.2 Å². The summed E-state index contributed by atoms with van der Waals surface area (Å²) >= 11 is 0. The molecule has 116 valence electrons. The molecule has 1 atom stereocenters. The van der Waals surface area contributed by atoms with Crippen LogP contribution in [0.5, 0.6) is 0 Å². The number of hydrogen-bond acceptors (Lipinski definition) is 5. The van der Waals surface area contributed by atoms with Crippen molar-refractivity contribution in [2.45, 2.75) is 26.3 Å². The predicted molar refractivity (Wildman–Crippen MR) is 77.3 cm³/mol. The molecular weight excluding hydrogens is 274 g/mol.